The van der Waals surface area contributed by atoms with E-state index in [1.807, 2.05) is 6.92 Å². The highest BCUT2D eigenvalue weighted by molar-refractivity contribution is 5.36. The molecule has 0 bridgehead atoms. The van der Waals surface area contributed by atoms with Crippen molar-refractivity contribution in [1.82, 2.24) is 15.0 Å². The molecule has 0 radical (unpaired) electrons. The SMILES string of the molecule is CCOc1nc(NC)nc(NC(C)C(C)CC)n1. The molecule has 6 heteroatoms. The molecule has 1 rings (SSSR count). The maximum absolute atomic E-state index is 5.32. The van der Waals surface area contributed by atoms with Gasteiger partial charge in [0.2, 0.25) is 11.9 Å². The summed E-state index contributed by atoms with van der Waals surface area (Å²) in [5, 5.41) is 6.18. The van der Waals surface area contributed by atoms with Crippen molar-refractivity contribution in [2.24, 2.45) is 5.92 Å². The minimum absolute atomic E-state index is 0.302. The number of nitrogens with zero attached hydrogens (tertiary/aromatic N) is 3. The Bertz CT molecular complexity index is 371. The van der Waals surface area contributed by atoms with Crippen molar-refractivity contribution < 1.29 is 4.74 Å². The molecule has 2 N–H and O–H groups in total. The quantitative estimate of drug-likeness (QED) is 0.776. The number of hydrogen-bond acceptors (Lipinski definition) is 6. The van der Waals surface area contributed by atoms with Gasteiger partial charge in [-0.2, -0.15) is 15.0 Å². The second-order valence-electron chi connectivity index (χ2n) is 4.27. The van der Waals surface area contributed by atoms with Gasteiger partial charge in [0.1, 0.15) is 0 Å². The van der Waals surface area contributed by atoms with Crippen molar-refractivity contribution in [3.63, 3.8) is 0 Å². The number of aromatic nitrogens is 3. The van der Waals surface area contributed by atoms with Gasteiger partial charge in [0.25, 0.3) is 0 Å². The van der Waals surface area contributed by atoms with E-state index < -0.39 is 0 Å². The minimum Gasteiger partial charge on any atom is -0.464 e. The summed E-state index contributed by atoms with van der Waals surface area (Å²) in [6.07, 6.45) is 1.11. The van der Waals surface area contributed by atoms with Crippen molar-refractivity contribution in [1.29, 1.82) is 0 Å². The molecular weight excluding hydrogens is 230 g/mol. The molecule has 1 aromatic rings. The summed E-state index contributed by atoms with van der Waals surface area (Å²) in [6.45, 7) is 8.92. The van der Waals surface area contributed by atoms with Crippen LogP contribution in [0.2, 0.25) is 0 Å². The monoisotopic (exact) mass is 253 g/mol. The van der Waals surface area contributed by atoms with E-state index in [0.29, 0.717) is 36.5 Å². The lowest BCUT2D eigenvalue weighted by Crippen LogP contribution is -2.25. The Morgan fingerprint density at radius 3 is 2.33 bits per heavy atom. The van der Waals surface area contributed by atoms with Gasteiger partial charge < -0.3 is 15.4 Å². The Hall–Kier alpha value is -1.59. The van der Waals surface area contributed by atoms with Gasteiger partial charge in [-0.3, -0.25) is 0 Å². The lowest BCUT2D eigenvalue weighted by atomic mass is 10.0. The third-order valence-electron chi connectivity index (χ3n) is 2.97. The van der Waals surface area contributed by atoms with Gasteiger partial charge in [0, 0.05) is 13.1 Å². The number of nitrogens with one attached hydrogen (secondary N) is 2. The smallest absolute Gasteiger partial charge is 0.323 e. The zero-order valence-electron chi connectivity index (χ0n) is 11.8. The van der Waals surface area contributed by atoms with Crippen LogP contribution in [0, 0.1) is 5.92 Å². The summed E-state index contributed by atoms with van der Waals surface area (Å²) in [7, 11) is 1.77. The zero-order valence-corrected chi connectivity index (χ0v) is 11.8. The van der Waals surface area contributed by atoms with E-state index >= 15 is 0 Å². The van der Waals surface area contributed by atoms with Crippen molar-refractivity contribution in [3.8, 4) is 6.01 Å². The Kier molecular flexibility index (Phi) is 5.61. The summed E-state index contributed by atoms with van der Waals surface area (Å²) in [5.41, 5.74) is 0. The maximum atomic E-state index is 5.32. The van der Waals surface area contributed by atoms with E-state index in [1.54, 1.807) is 7.05 Å². The average molecular weight is 253 g/mol. The standard InChI is InChI=1S/C12H23N5O/c1-6-8(3)9(4)14-11-15-10(13-5)16-12(17-11)18-7-2/h8-9H,6-7H2,1-5H3,(H2,13,14,15,16,17). The predicted molar refractivity (Wildman–Crippen MR) is 73.1 cm³/mol. The molecule has 0 aliphatic carbocycles. The van der Waals surface area contributed by atoms with Crippen LogP contribution < -0.4 is 15.4 Å². The van der Waals surface area contributed by atoms with Gasteiger partial charge >= 0.3 is 6.01 Å². The van der Waals surface area contributed by atoms with Crippen LogP contribution in [0.25, 0.3) is 0 Å². The molecule has 6 nitrogen and oxygen atoms in total. The highest BCUT2D eigenvalue weighted by atomic mass is 16.5. The van der Waals surface area contributed by atoms with Crippen molar-refractivity contribution in [2.75, 3.05) is 24.3 Å². The first-order chi connectivity index (χ1) is 8.60. The molecule has 18 heavy (non-hydrogen) atoms. The van der Waals surface area contributed by atoms with E-state index in [0.717, 1.165) is 6.42 Å². The normalized spacial score (nSPS) is 13.8. The second kappa shape index (κ2) is 6.98. The molecule has 0 amide bonds. The number of rotatable bonds is 7. The molecule has 0 aromatic carbocycles. The van der Waals surface area contributed by atoms with Crippen LogP contribution in [0.3, 0.4) is 0 Å². The first kappa shape index (κ1) is 14.5. The fourth-order valence-corrected chi connectivity index (χ4v) is 1.43. The van der Waals surface area contributed by atoms with Crippen molar-refractivity contribution >= 4 is 11.9 Å². The van der Waals surface area contributed by atoms with Crippen molar-refractivity contribution in [3.05, 3.63) is 0 Å². The van der Waals surface area contributed by atoms with E-state index in [4.69, 9.17) is 4.74 Å². The molecule has 2 atom stereocenters. The van der Waals surface area contributed by atoms with Crippen LogP contribution in [0.15, 0.2) is 0 Å². The molecule has 0 saturated carbocycles. The third kappa shape index (κ3) is 4.01. The molecule has 1 heterocycles. The summed E-state index contributed by atoms with van der Waals surface area (Å²) in [5.74, 6) is 1.60. The number of hydrogen-bond donors (Lipinski definition) is 2. The van der Waals surface area contributed by atoms with Crippen LogP contribution in [-0.2, 0) is 0 Å². The molecular formula is C12H23N5O. The first-order valence-electron chi connectivity index (χ1n) is 6.43. The van der Waals surface area contributed by atoms with Gasteiger partial charge in [-0.05, 0) is 19.8 Å². The van der Waals surface area contributed by atoms with Crippen LogP contribution in [-0.4, -0.2) is 34.6 Å². The van der Waals surface area contributed by atoms with Gasteiger partial charge in [-0.1, -0.05) is 20.3 Å². The summed E-state index contributed by atoms with van der Waals surface area (Å²) in [6, 6.07) is 0.646. The largest absolute Gasteiger partial charge is 0.464 e. The summed E-state index contributed by atoms with van der Waals surface area (Å²) in [4.78, 5) is 12.6. The fourth-order valence-electron chi connectivity index (χ4n) is 1.43. The average Bonchev–Trinajstić information content (AvgIpc) is 2.37. The Balaban J connectivity index is 2.83. The minimum atomic E-state index is 0.302. The van der Waals surface area contributed by atoms with Gasteiger partial charge in [-0.15, -0.1) is 0 Å². The van der Waals surface area contributed by atoms with Crippen LogP contribution in [0.5, 0.6) is 6.01 Å². The van der Waals surface area contributed by atoms with Gasteiger partial charge in [-0.25, -0.2) is 0 Å². The van der Waals surface area contributed by atoms with E-state index in [1.165, 1.54) is 0 Å². The lowest BCUT2D eigenvalue weighted by molar-refractivity contribution is 0.312. The lowest BCUT2D eigenvalue weighted by Gasteiger charge is -2.20. The number of ether oxygens (including phenoxy) is 1. The van der Waals surface area contributed by atoms with E-state index in [2.05, 4.69) is 46.4 Å². The molecule has 0 saturated heterocycles. The summed E-state index contributed by atoms with van der Waals surface area (Å²) >= 11 is 0. The number of anilines is 2. The third-order valence-corrected chi connectivity index (χ3v) is 2.97. The topological polar surface area (TPSA) is 72.0 Å². The highest BCUT2D eigenvalue weighted by Crippen LogP contribution is 2.15. The Labute approximate surface area is 109 Å². The van der Waals surface area contributed by atoms with Gasteiger partial charge in [0.05, 0.1) is 6.61 Å². The fraction of sp³-hybridized carbons (Fsp3) is 0.750. The van der Waals surface area contributed by atoms with E-state index in [-0.39, 0.29) is 0 Å². The molecule has 1 aromatic heterocycles. The van der Waals surface area contributed by atoms with E-state index in [9.17, 15) is 0 Å². The molecule has 102 valence electrons. The summed E-state index contributed by atoms with van der Waals surface area (Å²) < 4.78 is 5.32. The Morgan fingerprint density at radius 2 is 1.78 bits per heavy atom. The Morgan fingerprint density at radius 1 is 1.11 bits per heavy atom. The van der Waals surface area contributed by atoms with Crippen LogP contribution >= 0.6 is 0 Å². The van der Waals surface area contributed by atoms with Gasteiger partial charge in [0.15, 0.2) is 0 Å². The molecule has 0 aliphatic rings. The highest BCUT2D eigenvalue weighted by Gasteiger charge is 2.13. The zero-order chi connectivity index (χ0) is 13.5. The van der Waals surface area contributed by atoms with Crippen LogP contribution in [0.1, 0.15) is 34.1 Å². The van der Waals surface area contributed by atoms with Crippen LogP contribution in [0.4, 0.5) is 11.9 Å². The molecule has 0 spiro atoms. The molecule has 2 unspecified atom stereocenters. The van der Waals surface area contributed by atoms with Crippen molar-refractivity contribution in [2.45, 2.75) is 40.2 Å². The maximum Gasteiger partial charge on any atom is 0.323 e. The predicted octanol–water partition coefficient (Wildman–Crippen LogP) is 2.16. The molecule has 0 aliphatic heterocycles. The second-order valence-corrected chi connectivity index (χ2v) is 4.27. The molecule has 0 fully saturated rings. The first-order valence-corrected chi connectivity index (χ1v) is 6.43.